The lowest BCUT2D eigenvalue weighted by Gasteiger charge is -2.28. The van der Waals surface area contributed by atoms with E-state index in [1.54, 1.807) is 31.5 Å². The summed E-state index contributed by atoms with van der Waals surface area (Å²) in [7, 11) is 0. The molecule has 2 heterocycles. The van der Waals surface area contributed by atoms with Crippen LogP contribution in [0.1, 0.15) is 20.8 Å². The maximum atomic E-state index is 12.6. The molecule has 0 unspecified atom stereocenters. The third-order valence-corrected chi connectivity index (χ3v) is 3.84. The third-order valence-electron chi connectivity index (χ3n) is 3.41. The Hall–Kier alpha value is -1.54. The van der Waals surface area contributed by atoms with E-state index in [4.69, 9.17) is 9.47 Å². The molecule has 1 saturated heterocycles. The molecule has 1 aromatic heterocycles. The molecule has 1 aromatic rings. The Bertz CT molecular complexity index is 633. The van der Waals surface area contributed by atoms with Crippen LogP contribution < -0.4 is 15.8 Å². The number of anilines is 1. The number of aromatic nitrogens is 1. The molecule has 0 atom stereocenters. The van der Waals surface area contributed by atoms with Gasteiger partial charge in [-0.3, -0.25) is 4.79 Å². The number of pyridine rings is 1. The number of hydrogen-bond acceptors (Lipinski definition) is 5. The van der Waals surface area contributed by atoms with E-state index >= 15 is 0 Å². The molecule has 0 radical (unpaired) electrons. The van der Waals surface area contributed by atoms with Crippen LogP contribution in [0, 0.1) is 0 Å². The molecule has 0 aromatic carbocycles. The topological polar surface area (TPSA) is 72.8 Å². The zero-order chi connectivity index (χ0) is 17.7. The van der Waals surface area contributed by atoms with Gasteiger partial charge >= 0.3 is 6.09 Å². The van der Waals surface area contributed by atoms with Crippen molar-refractivity contribution in [3.63, 3.8) is 0 Å². The van der Waals surface area contributed by atoms with Crippen molar-refractivity contribution in [3.8, 4) is 0 Å². The van der Waals surface area contributed by atoms with Gasteiger partial charge in [-0.1, -0.05) is 0 Å². The van der Waals surface area contributed by atoms with Gasteiger partial charge in [0.2, 0.25) is 0 Å². The second kappa shape index (κ2) is 8.02. The number of hydrogen-bond donors (Lipinski definition) is 1. The van der Waals surface area contributed by atoms with Gasteiger partial charge < -0.3 is 24.3 Å². The minimum atomic E-state index is -0.541. The number of nitrogens with one attached hydrogen (secondary N) is 1. The average Bonchev–Trinajstić information content (AvgIpc) is 2.49. The lowest BCUT2D eigenvalue weighted by Crippen LogP contribution is -2.41. The summed E-state index contributed by atoms with van der Waals surface area (Å²) < 4.78 is 12.9. The fourth-order valence-electron chi connectivity index (χ4n) is 2.37. The van der Waals surface area contributed by atoms with E-state index in [0.29, 0.717) is 45.1 Å². The molecule has 8 heteroatoms. The van der Waals surface area contributed by atoms with Crippen LogP contribution in [-0.4, -0.2) is 49.1 Å². The summed E-state index contributed by atoms with van der Waals surface area (Å²) in [5.74, 6) is 0. The van der Waals surface area contributed by atoms with Gasteiger partial charge in [0, 0.05) is 36.8 Å². The lowest BCUT2D eigenvalue weighted by molar-refractivity contribution is 0.0526. The molecule has 7 nitrogen and oxygen atoms in total. The quantitative estimate of drug-likeness (QED) is 0.834. The van der Waals surface area contributed by atoms with Crippen molar-refractivity contribution < 1.29 is 14.3 Å². The minimum absolute atomic E-state index is 0.0777. The predicted octanol–water partition coefficient (Wildman–Crippen LogP) is 1.97. The summed E-state index contributed by atoms with van der Waals surface area (Å²) in [4.78, 5) is 26.3. The summed E-state index contributed by atoms with van der Waals surface area (Å²) in [6, 6.07) is 1.82. The van der Waals surface area contributed by atoms with Crippen molar-refractivity contribution in [2.45, 2.75) is 32.9 Å². The molecule has 1 fully saturated rings. The molecule has 0 saturated carbocycles. The zero-order valence-electron chi connectivity index (χ0n) is 14.3. The molecule has 134 valence electrons. The average molecular weight is 402 g/mol. The van der Waals surface area contributed by atoms with Crippen LogP contribution in [0.15, 0.2) is 21.5 Å². The second-order valence-electron chi connectivity index (χ2n) is 6.57. The number of carbonyl (C=O) groups is 1. The number of amides is 1. The van der Waals surface area contributed by atoms with Crippen LogP contribution in [0.2, 0.25) is 0 Å². The number of alkyl carbamates (subject to hydrolysis) is 1. The van der Waals surface area contributed by atoms with Crippen molar-refractivity contribution in [2.75, 3.05) is 37.7 Å². The molecule has 0 bridgehead atoms. The van der Waals surface area contributed by atoms with Gasteiger partial charge in [-0.15, -0.1) is 0 Å². The molecular weight excluding hydrogens is 378 g/mol. The molecular formula is C16H24BrN3O4. The van der Waals surface area contributed by atoms with E-state index in [1.807, 2.05) is 11.0 Å². The fourth-order valence-corrected chi connectivity index (χ4v) is 2.84. The summed E-state index contributed by atoms with van der Waals surface area (Å²) >= 11 is 3.44. The van der Waals surface area contributed by atoms with Crippen LogP contribution in [0.25, 0.3) is 0 Å². The summed E-state index contributed by atoms with van der Waals surface area (Å²) in [5.41, 5.74) is 0.0243. The van der Waals surface area contributed by atoms with E-state index in [2.05, 4.69) is 21.2 Å². The van der Waals surface area contributed by atoms with E-state index in [-0.39, 0.29) is 5.56 Å². The monoisotopic (exact) mass is 401 g/mol. The van der Waals surface area contributed by atoms with Gasteiger partial charge in [0.25, 0.3) is 5.56 Å². The molecule has 0 aliphatic carbocycles. The molecule has 2 rings (SSSR count). The van der Waals surface area contributed by atoms with Crippen molar-refractivity contribution >= 4 is 27.7 Å². The minimum Gasteiger partial charge on any atom is -0.444 e. The smallest absolute Gasteiger partial charge is 0.407 e. The van der Waals surface area contributed by atoms with Gasteiger partial charge in [-0.25, -0.2) is 4.79 Å². The largest absolute Gasteiger partial charge is 0.444 e. The standard InChI is InChI=1S/C16H24BrN3O4/c1-16(2,3)24-15(22)18-4-5-20-11-12(17)10-13(14(20)21)19-6-8-23-9-7-19/h10-11H,4-9H2,1-3H3,(H,18,22). The number of rotatable bonds is 4. The Balaban J connectivity index is 2.01. The molecule has 24 heavy (non-hydrogen) atoms. The fraction of sp³-hybridized carbons (Fsp3) is 0.625. The first-order valence-corrected chi connectivity index (χ1v) is 8.75. The SMILES string of the molecule is CC(C)(C)OC(=O)NCCn1cc(Br)cc(N2CCOCC2)c1=O. The van der Waals surface area contributed by atoms with Crippen molar-refractivity contribution in [3.05, 3.63) is 27.1 Å². The Morgan fingerprint density at radius 1 is 1.38 bits per heavy atom. The maximum absolute atomic E-state index is 12.6. The van der Waals surface area contributed by atoms with Gasteiger partial charge in [-0.05, 0) is 42.8 Å². The number of nitrogens with zero attached hydrogens (tertiary/aromatic N) is 2. The summed E-state index contributed by atoms with van der Waals surface area (Å²) in [6.45, 7) is 8.73. The van der Waals surface area contributed by atoms with Crippen molar-refractivity contribution in [1.29, 1.82) is 0 Å². The van der Waals surface area contributed by atoms with E-state index < -0.39 is 11.7 Å². The van der Waals surface area contributed by atoms with Crippen LogP contribution in [0.4, 0.5) is 10.5 Å². The second-order valence-corrected chi connectivity index (χ2v) is 7.49. The van der Waals surface area contributed by atoms with E-state index in [1.165, 1.54) is 0 Å². The first-order valence-electron chi connectivity index (χ1n) is 7.96. The number of carbonyl (C=O) groups excluding carboxylic acids is 1. The molecule has 1 N–H and O–H groups in total. The summed E-state index contributed by atoms with van der Waals surface area (Å²) in [5, 5.41) is 2.66. The van der Waals surface area contributed by atoms with Gasteiger partial charge in [0.05, 0.1) is 13.2 Å². The summed E-state index contributed by atoms with van der Waals surface area (Å²) in [6.07, 6.45) is 1.24. The van der Waals surface area contributed by atoms with Crippen LogP contribution >= 0.6 is 15.9 Å². The van der Waals surface area contributed by atoms with Crippen LogP contribution in [0.3, 0.4) is 0 Å². The molecule has 1 aliphatic rings. The number of ether oxygens (including phenoxy) is 2. The molecule has 1 aliphatic heterocycles. The van der Waals surface area contributed by atoms with Gasteiger partial charge in [0.1, 0.15) is 11.3 Å². The van der Waals surface area contributed by atoms with Gasteiger partial charge in [-0.2, -0.15) is 0 Å². The Labute approximate surface area is 150 Å². The van der Waals surface area contributed by atoms with Crippen LogP contribution in [0.5, 0.6) is 0 Å². The highest BCUT2D eigenvalue weighted by Gasteiger charge is 2.18. The number of morpholine rings is 1. The highest BCUT2D eigenvalue weighted by molar-refractivity contribution is 9.10. The highest BCUT2D eigenvalue weighted by atomic mass is 79.9. The zero-order valence-corrected chi connectivity index (χ0v) is 15.9. The highest BCUT2D eigenvalue weighted by Crippen LogP contribution is 2.17. The Kier molecular flexibility index (Phi) is 6.28. The van der Waals surface area contributed by atoms with Gasteiger partial charge in [0.15, 0.2) is 0 Å². The van der Waals surface area contributed by atoms with Crippen molar-refractivity contribution in [1.82, 2.24) is 9.88 Å². The van der Waals surface area contributed by atoms with E-state index in [0.717, 1.165) is 4.47 Å². The Morgan fingerprint density at radius 3 is 2.67 bits per heavy atom. The van der Waals surface area contributed by atoms with E-state index in [9.17, 15) is 9.59 Å². The van der Waals surface area contributed by atoms with Crippen LogP contribution in [-0.2, 0) is 16.0 Å². The predicted molar refractivity (Wildman–Crippen MR) is 95.7 cm³/mol. The first kappa shape index (κ1) is 18.8. The van der Waals surface area contributed by atoms with Crippen molar-refractivity contribution in [2.24, 2.45) is 0 Å². The Morgan fingerprint density at radius 2 is 2.04 bits per heavy atom. The number of halogens is 1. The third kappa shape index (κ3) is 5.52. The maximum Gasteiger partial charge on any atom is 0.407 e. The molecule has 0 spiro atoms. The first-order chi connectivity index (χ1) is 11.3. The molecule has 1 amide bonds. The normalized spacial score (nSPS) is 15.2. The lowest BCUT2D eigenvalue weighted by atomic mass is 10.2.